The van der Waals surface area contributed by atoms with Crippen LogP contribution in [-0.4, -0.2) is 60.4 Å². The summed E-state index contributed by atoms with van der Waals surface area (Å²) in [4.78, 5) is 27.4. The SMILES string of the molecule is CC(=O)[C@H](C(C)C)N(C)C(=O)N1CCN[C@H](C)C1. The van der Waals surface area contributed by atoms with Crippen LogP contribution < -0.4 is 5.32 Å². The van der Waals surface area contributed by atoms with Gasteiger partial charge < -0.3 is 15.1 Å². The second kappa shape index (κ2) is 6.18. The molecule has 1 N–H and O–H groups in total. The van der Waals surface area contributed by atoms with Crippen LogP contribution in [0.1, 0.15) is 27.7 Å². The molecule has 2 amide bonds. The Bertz CT molecular complexity index is 317. The van der Waals surface area contributed by atoms with Gasteiger partial charge in [0.1, 0.15) is 0 Å². The van der Waals surface area contributed by atoms with Gasteiger partial charge in [-0.15, -0.1) is 0 Å². The fourth-order valence-electron chi connectivity index (χ4n) is 2.64. The zero-order chi connectivity index (χ0) is 13.9. The third-order valence-electron chi connectivity index (χ3n) is 3.41. The topological polar surface area (TPSA) is 52.7 Å². The molecule has 0 aromatic carbocycles. The predicted molar refractivity (Wildman–Crippen MR) is 71.5 cm³/mol. The first-order chi connectivity index (χ1) is 8.34. The lowest BCUT2D eigenvalue weighted by molar-refractivity contribution is -0.122. The molecular formula is C13H25N3O2. The van der Waals surface area contributed by atoms with E-state index >= 15 is 0 Å². The van der Waals surface area contributed by atoms with Crippen molar-refractivity contribution in [3.63, 3.8) is 0 Å². The van der Waals surface area contributed by atoms with Crippen molar-refractivity contribution >= 4 is 11.8 Å². The van der Waals surface area contributed by atoms with Crippen LogP contribution >= 0.6 is 0 Å². The normalized spacial score (nSPS) is 21.9. The van der Waals surface area contributed by atoms with Crippen molar-refractivity contribution in [3.8, 4) is 0 Å². The van der Waals surface area contributed by atoms with Gasteiger partial charge in [-0.25, -0.2) is 4.79 Å². The predicted octanol–water partition coefficient (Wildman–Crippen LogP) is 0.946. The van der Waals surface area contributed by atoms with Crippen LogP contribution in [0.15, 0.2) is 0 Å². The molecule has 0 unspecified atom stereocenters. The number of amides is 2. The van der Waals surface area contributed by atoms with Gasteiger partial charge >= 0.3 is 6.03 Å². The summed E-state index contributed by atoms with van der Waals surface area (Å²) in [6.07, 6.45) is 0. The maximum absolute atomic E-state index is 12.4. The number of ketones is 1. The third kappa shape index (κ3) is 3.45. The van der Waals surface area contributed by atoms with Crippen molar-refractivity contribution in [2.75, 3.05) is 26.7 Å². The second-order valence-electron chi connectivity index (χ2n) is 5.49. The van der Waals surface area contributed by atoms with Crippen LogP contribution in [0, 0.1) is 5.92 Å². The standard InChI is InChI=1S/C13H25N3O2/c1-9(2)12(11(4)17)15(5)13(18)16-7-6-14-10(3)8-16/h9-10,12,14H,6-8H2,1-5H3/t10-,12+/m1/s1. The van der Waals surface area contributed by atoms with Gasteiger partial charge in [0, 0.05) is 32.7 Å². The molecule has 104 valence electrons. The molecule has 0 aromatic rings. The molecule has 5 nitrogen and oxygen atoms in total. The zero-order valence-corrected chi connectivity index (χ0v) is 12.1. The van der Waals surface area contributed by atoms with Gasteiger partial charge in [0.05, 0.1) is 6.04 Å². The highest BCUT2D eigenvalue weighted by atomic mass is 16.2. The van der Waals surface area contributed by atoms with E-state index in [1.807, 2.05) is 18.7 Å². The third-order valence-corrected chi connectivity index (χ3v) is 3.41. The van der Waals surface area contributed by atoms with Crippen LogP contribution in [0.4, 0.5) is 4.79 Å². The van der Waals surface area contributed by atoms with Crippen LogP contribution in [0.2, 0.25) is 0 Å². The lowest BCUT2D eigenvalue weighted by Gasteiger charge is -2.37. The Labute approximate surface area is 110 Å². The molecule has 1 heterocycles. The van der Waals surface area contributed by atoms with E-state index in [0.717, 1.165) is 6.54 Å². The number of nitrogens with zero attached hydrogens (tertiary/aromatic N) is 2. The van der Waals surface area contributed by atoms with Gasteiger partial charge in [-0.3, -0.25) is 4.79 Å². The number of carbonyl (C=O) groups is 2. The number of urea groups is 1. The van der Waals surface area contributed by atoms with Crippen molar-refractivity contribution in [3.05, 3.63) is 0 Å². The Morgan fingerprint density at radius 1 is 1.39 bits per heavy atom. The number of nitrogens with one attached hydrogen (secondary N) is 1. The molecule has 1 saturated heterocycles. The molecule has 0 aromatic heterocycles. The Morgan fingerprint density at radius 2 is 2.00 bits per heavy atom. The van der Waals surface area contributed by atoms with E-state index in [1.165, 1.54) is 0 Å². The maximum atomic E-state index is 12.4. The number of rotatable bonds is 3. The van der Waals surface area contributed by atoms with Gasteiger partial charge in [0.2, 0.25) is 0 Å². The van der Waals surface area contributed by atoms with Crippen molar-refractivity contribution < 1.29 is 9.59 Å². The fraction of sp³-hybridized carbons (Fsp3) is 0.846. The summed E-state index contributed by atoms with van der Waals surface area (Å²) in [5.41, 5.74) is 0. The van der Waals surface area contributed by atoms with Gasteiger partial charge in [-0.2, -0.15) is 0 Å². The van der Waals surface area contributed by atoms with E-state index in [0.29, 0.717) is 19.1 Å². The Morgan fingerprint density at radius 3 is 2.44 bits per heavy atom. The second-order valence-corrected chi connectivity index (χ2v) is 5.49. The molecule has 0 aliphatic carbocycles. The minimum absolute atomic E-state index is 0.0442. The summed E-state index contributed by atoms with van der Waals surface area (Å²) in [6, 6.07) is -0.0640. The number of carbonyl (C=O) groups excluding carboxylic acids is 2. The molecule has 0 saturated carbocycles. The maximum Gasteiger partial charge on any atom is 0.320 e. The number of hydrogen-bond donors (Lipinski definition) is 1. The number of Topliss-reactive ketones (excluding diaryl/α,β-unsaturated/α-hetero) is 1. The van der Waals surface area contributed by atoms with Crippen molar-refractivity contribution in [2.45, 2.75) is 39.8 Å². The molecule has 0 radical (unpaired) electrons. The van der Waals surface area contributed by atoms with Crippen LogP contribution in [0.25, 0.3) is 0 Å². The molecule has 2 atom stereocenters. The molecule has 0 bridgehead atoms. The van der Waals surface area contributed by atoms with Gasteiger partial charge in [0.15, 0.2) is 5.78 Å². The van der Waals surface area contributed by atoms with Crippen LogP contribution in [0.3, 0.4) is 0 Å². The summed E-state index contributed by atoms with van der Waals surface area (Å²) < 4.78 is 0. The number of likely N-dealkylation sites (N-methyl/N-ethyl adjacent to an activating group) is 1. The zero-order valence-electron chi connectivity index (χ0n) is 12.1. The molecule has 1 aliphatic heterocycles. The van der Waals surface area contributed by atoms with E-state index in [2.05, 4.69) is 12.2 Å². The first kappa shape index (κ1) is 15.0. The average molecular weight is 255 g/mol. The summed E-state index contributed by atoms with van der Waals surface area (Å²) in [7, 11) is 1.72. The summed E-state index contributed by atoms with van der Waals surface area (Å²) in [6.45, 7) is 9.76. The quantitative estimate of drug-likeness (QED) is 0.817. The summed E-state index contributed by atoms with van der Waals surface area (Å²) in [5, 5.41) is 3.30. The van der Waals surface area contributed by atoms with E-state index in [1.54, 1.807) is 18.9 Å². The largest absolute Gasteiger partial charge is 0.322 e. The lowest BCUT2D eigenvalue weighted by atomic mass is 9.99. The summed E-state index contributed by atoms with van der Waals surface area (Å²) >= 11 is 0. The van der Waals surface area contributed by atoms with E-state index < -0.39 is 0 Å². The van der Waals surface area contributed by atoms with Crippen LogP contribution in [-0.2, 0) is 4.79 Å². The minimum Gasteiger partial charge on any atom is -0.322 e. The first-order valence-electron chi connectivity index (χ1n) is 6.60. The van der Waals surface area contributed by atoms with Gasteiger partial charge in [-0.05, 0) is 19.8 Å². The number of piperazine rings is 1. The molecule has 0 spiro atoms. The Balaban J connectivity index is 2.72. The highest BCUT2D eigenvalue weighted by molar-refractivity contribution is 5.87. The lowest BCUT2D eigenvalue weighted by Crippen LogP contribution is -2.57. The summed E-state index contributed by atoms with van der Waals surface area (Å²) in [5.74, 6) is 0.181. The van der Waals surface area contributed by atoms with Crippen molar-refractivity contribution in [1.82, 2.24) is 15.1 Å². The highest BCUT2D eigenvalue weighted by Gasteiger charge is 2.31. The monoisotopic (exact) mass is 255 g/mol. The smallest absolute Gasteiger partial charge is 0.320 e. The van der Waals surface area contributed by atoms with Gasteiger partial charge in [-0.1, -0.05) is 13.8 Å². The minimum atomic E-state index is -0.331. The average Bonchev–Trinajstić information content (AvgIpc) is 2.26. The fourth-order valence-corrected chi connectivity index (χ4v) is 2.64. The first-order valence-corrected chi connectivity index (χ1v) is 6.60. The Hall–Kier alpha value is -1.10. The molecule has 18 heavy (non-hydrogen) atoms. The molecule has 1 rings (SSSR count). The van der Waals surface area contributed by atoms with Gasteiger partial charge in [0.25, 0.3) is 0 Å². The molecular weight excluding hydrogens is 230 g/mol. The van der Waals surface area contributed by atoms with Crippen molar-refractivity contribution in [1.29, 1.82) is 0 Å². The number of hydrogen-bond acceptors (Lipinski definition) is 3. The van der Waals surface area contributed by atoms with Crippen molar-refractivity contribution in [2.24, 2.45) is 5.92 Å². The van der Waals surface area contributed by atoms with E-state index in [4.69, 9.17) is 0 Å². The van der Waals surface area contributed by atoms with E-state index in [9.17, 15) is 9.59 Å². The molecule has 1 aliphatic rings. The van der Waals surface area contributed by atoms with E-state index in [-0.39, 0.29) is 23.8 Å². The molecule has 1 fully saturated rings. The highest BCUT2D eigenvalue weighted by Crippen LogP contribution is 2.13. The van der Waals surface area contributed by atoms with Crippen LogP contribution in [0.5, 0.6) is 0 Å². The molecule has 5 heteroatoms. The Kier molecular flexibility index (Phi) is 5.14.